The molecule has 1 atom stereocenters. The number of carbonyl (C=O) groups excluding carboxylic acids is 2. The van der Waals surface area contributed by atoms with Gasteiger partial charge < -0.3 is 10.2 Å². The van der Waals surface area contributed by atoms with E-state index in [1.165, 1.54) is 17.0 Å². The first-order valence-corrected chi connectivity index (χ1v) is 9.00. The third kappa shape index (κ3) is 4.00. The van der Waals surface area contributed by atoms with Gasteiger partial charge in [0.25, 0.3) is 5.91 Å². The number of hydrogen-bond acceptors (Lipinski definition) is 2. The van der Waals surface area contributed by atoms with Gasteiger partial charge in [-0.05, 0) is 37.1 Å². The first-order valence-electron chi connectivity index (χ1n) is 8.24. The van der Waals surface area contributed by atoms with Crippen LogP contribution in [0.4, 0.5) is 4.39 Å². The summed E-state index contributed by atoms with van der Waals surface area (Å²) in [5, 5.41) is 3.40. The lowest BCUT2D eigenvalue weighted by atomic mass is 10.1. The zero-order chi connectivity index (χ0) is 18.7. The molecule has 0 unspecified atom stereocenters. The van der Waals surface area contributed by atoms with Crippen LogP contribution in [0.15, 0.2) is 42.5 Å². The summed E-state index contributed by atoms with van der Waals surface area (Å²) < 4.78 is 13.7. The SMILES string of the molecule is O=C(NCc1ccccc1F)[C@@H]1CCCN1C(=O)c1cc(Cl)ccc1Cl. The van der Waals surface area contributed by atoms with Gasteiger partial charge in [-0.15, -0.1) is 0 Å². The van der Waals surface area contributed by atoms with E-state index in [4.69, 9.17) is 23.2 Å². The van der Waals surface area contributed by atoms with E-state index in [0.29, 0.717) is 30.0 Å². The Bertz CT molecular complexity index is 844. The molecule has 2 amide bonds. The third-order valence-corrected chi connectivity index (χ3v) is 4.95. The highest BCUT2D eigenvalue weighted by Gasteiger charge is 2.35. The predicted molar refractivity (Wildman–Crippen MR) is 98.8 cm³/mol. The van der Waals surface area contributed by atoms with Crippen molar-refractivity contribution in [3.8, 4) is 0 Å². The number of likely N-dealkylation sites (tertiary alicyclic amines) is 1. The average Bonchev–Trinajstić information content (AvgIpc) is 3.12. The molecule has 0 aromatic heterocycles. The molecule has 3 rings (SSSR count). The summed E-state index contributed by atoms with van der Waals surface area (Å²) in [5.41, 5.74) is 0.669. The van der Waals surface area contributed by atoms with Crippen molar-refractivity contribution < 1.29 is 14.0 Å². The normalized spacial score (nSPS) is 16.6. The number of nitrogens with zero attached hydrogens (tertiary/aromatic N) is 1. The first kappa shape index (κ1) is 18.7. The van der Waals surface area contributed by atoms with Crippen LogP contribution in [0.3, 0.4) is 0 Å². The minimum Gasteiger partial charge on any atom is -0.350 e. The molecular formula is C19H17Cl2FN2O2. The lowest BCUT2D eigenvalue weighted by Crippen LogP contribution is -2.45. The van der Waals surface area contributed by atoms with E-state index < -0.39 is 6.04 Å². The topological polar surface area (TPSA) is 49.4 Å². The highest BCUT2D eigenvalue weighted by molar-refractivity contribution is 6.35. The number of nitrogens with one attached hydrogen (secondary N) is 1. The van der Waals surface area contributed by atoms with Crippen molar-refractivity contribution >= 4 is 35.0 Å². The van der Waals surface area contributed by atoms with Gasteiger partial charge >= 0.3 is 0 Å². The van der Waals surface area contributed by atoms with E-state index in [1.807, 2.05) is 0 Å². The molecule has 136 valence electrons. The zero-order valence-electron chi connectivity index (χ0n) is 13.8. The molecule has 26 heavy (non-hydrogen) atoms. The maximum absolute atomic E-state index is 13.7. The van der Waals surface area contributed by atoms with Gasteiger partial charge in [-0.1, -0.05) is 41.4 Å². The first-order chi connectivity index (χ1) is 12.5. The van der Waals surface area contributed by atoms with Gasteiger partial charge in [0.15, 0.2) is 0 Å². The molecule has 0 bridgehead atoms. The highest BCUT2D eigenvalue weighted by atomic mass is 35.5. The second-order valence-electron chi connectivity index (χ2n) is 6.09. The molecule has 1 saturated heterocycles. The fraction of sp³-hybridized carbons (Fsp3) is 0.263. The number of rotatable bonds is 4. The molecule has 0 spiro atoms. The number of benzene rings is 2. The Morgan fingerprint density at radius 2 is 1.96 bits per heavy atom. The molecule has 1 aliphatic heterocycles. The van der Waals surface area contributed by atoms with E-state index in [-0.39, 0.29) is 34.8 Å². The Balaban J connectivity index is 1.71. The molecule has 4 nitrogen and oxygen atoms in total. The van der Waals surface area contributed by atoms with Crippen molar-refractivity contribution in [1.29, 1.82) is 0 Å². The van der Waals surface area contributed by atoms with Crippen LogP contribution in [0, 0.1) is 5.82 Å². The molecule has 1 N–H and O–H groups in total. The van der Waals surface area contributed by atoms with Crippen LogP contribution in [-0.4, -0.2) is 29.3 Å². The maximum Gasteiger partial charge on any atom is 0.256 e. The van der Waals surface area contributed by atoms with E-state index >= 15 is 0 Å². The van der Waals surface area contributed by atoms with E-state index in [2.05, 4.69) is 5.32 Å². The zero-order valence-corrected chi connectivity index (χ0v) is 15.4. The largest absolute Gasteiger partial charge is 0.350 e. The van der Waals surface area contributed by atoms with Gasteiger partial charge in [-0.25, -0.2) is 4.39 Å². The monoisotopic (exact) mass is 394 g/mol. The number of halogens is 3. The molecule has 0 radical (unpaired) electrons. The fourth-order valence-corrected chi connectivity index (χ4v) is 3.41. The summed E-state index contributed by atoms with van der Waals surface area (Å²) in [6.07, 6.45) is 1.26. The smallest absolute Gasteiger partial charge is 0.256 e. The van der Waals surface area contributed by atoms with Gasteiger partial charge in [-0.3, -0.25) is 9.59 Å². The fourth-order valence-electron chi connectivity index (χ4n) is 3.04. The number of amides is 2. The van der Waals surface area contributed by atoms with E-state index in [0.717, 1.165) is 0 Å². The van der Waals surface area contributed by atoms with Gasteiger partial charge in [-0.2, -0.15) is 0 Å². The Kier molecular flexibility index (Phi) is 5.79. The molecule has 2 aromatic rings. The molecule has 1 heterocycles. The Labute approximate surface area is 160 Å². The lowest BCUT2D eigenvalue weighted by molar-refractivity contribution is -0.125. The minimum absolute atomic E-state index is 0.0714. The van der Waals surface area contributed by atoms with Crippen LogP contribution in [0.25, 0.3) is 0 Å². The Morgan fingerprint density at radius 1 is 1.19 bits per heavy atom. The second-order valence-corrected chi connectivity index (χ2v) is 6.93. The lowest BCUT2D eigenvalue weighted by Gasteiger charge is -2.24. The number of carbonyl (C=O) groups is 2. The van der Waals surface area contributed by atoms with Crippen LogP contribution < -0.4 is 5.32 Å². The average molecular weight is 395 g/mol. The van der Waals surface area contributed by atoms with Crippen molar-refractivity contribution in [3.05, 3.63) is 69.5 Å². The van der Waals surface area contributed by atoms with Gasteiger partial charge in [0.2, 0.25) is 5.91 Å². The molecule has 1 aliphatic rings. The van der Waals surface area contributed by atoms with Crippen LogP contribution >= 0.6 is 23.2 Å². The second kappa shape index (κ2) is 8.06. The molecule has 2 aromatic carbocycles. The molecular weight excluding hydrogens is 378 g/mol. The predicted octanol–water partition coefficient (Wildman–Crippen LogP) is 4.05. The number of hydrogen-bond donors (Lipinski definition) is 1. The van der Waals surface area contributed by atoms with Gasteiger partial charge in [0.05, 0.1) is 10.6 Å². The summed E-state index contributed by atoms with van der Waals surface area (Å²) in [6, 6.07) is 10.3. The van der Waals surface area contributed by atoms with Gasteiger partial charge in [0.1, 0.15) is 11.9 Å². The van der Waals surface area contributed by atoms with Crippen molar-refractivity contribution in [2.45, 2.75) is 25.4 Å². The summed E-state index contributed by atoms with van der Waals surface area (Å²) in [7, 11) is 0. The summed E-state index contributed by atoms with van der Waals surface area (Å²) in [5.74, 6) is -1.02. The Hall–Kier alpha value is -2.11. The summed E-state index contributed by atoms with van der Waals surface area (Å²) in [6.45, 7) is 0.529. The van der Waals surface area contributed by atoms with Crippen LogP contribution in [0.2, 0.25) is 10.0 Å². The van der Waals surface area contributed by atoms with Crippen molar-refractivity contribution in [2.24, 2.45) is 0 Å². The molecule has 0 saturated carbocycles. The van der Waals surface area contributed by atoms with E-state index in [1.54, 1.807) is 30.3 Å². The molecule has 0 aliphatic carbocycles. The maximum atomic E-state index is 13.7. The summed E-state index contributed by atoms with van der Waals surface area (Å²) >= 11 is 12.1. The van der Waals surface area contributed by atoms with Crippen molar-refractivity contribution in [1.82, 2.24) is 10.2 Å². The molecule has 1 fully saturated rings. The molecule has 7 heteroatoms. The van der Waals surface area contributed by atoms with Crippen molar-refractivity contribution in [2.75, 3.05) is 6.54 Å². The van der Waals surface area contributed by atoms with E-state index in [9.17, 15) is 14.0 Å². The minimum atomic E-state index is -0.607. The van der Waals surface area contributed by atoms with Gasteiger partial charge in [0, 0.05) is 23.7 Å². The van der Waals surface area contributed by atoms with Crippen molar-refractivity contribution in [3.63, 3.8) is 0 Å². The van der Waals surface area contributed by atoms with Crippen LogP contribution in [0.1, 0.15) is 28.8 Å². The van der Waals surface area contributed by atoms with Crippen LogP contribution in [-0.2, 0) is 11.3 Å². The quantitative estimate of drug-likeness (QED) is 0.849. The van der Waals surface area contributed by atoms with Crippen LogP contribution in [0.5, 0.6) is 0 Å². The third-order valence-electron chi connectivity index (χ3n) is 4.39. The summed E-state index contributed by atoms with van der Waals surface area (Å²) in [4.78, 5) is 26.8. The Morgan fingerprint density at radius 3 is 2.73 bits per heavy atom. The highest BCUT2D eigenvalue weighted by Crippen LogP contribution is 2.26. The standard InChI is InChI=1S/C19H17Cl2FN2O2/c20-13-7-8-15(21)14(10-13)19(26)24-9-3-6-17(24)18(25)23-11-12-4-1-2-5-16(12)22/h1-2,4-5,7-8,10,17H,3,6,9,11H2,(H,23,25)/t17-/m0/s1.